The van der Waals surface area contributed by atoms with Crippen molar-refractivity contribution in [3.63, 3.8) is 0 Å². The molecule has 0 bridgehead atoms. The molecule has 1 aromatic rings. The van der Waals surface area contributed by atoms with E-state index in [0.29, 0.717) is 16.5 Å². The van der Waals surface area contributed by atoms with Crippen LogP contribution < -0.4 is 15.4 Å². The Labute approximate surface area is 148 Å². The maximum Gasteiger partial charge on any atom is 0.322 e. The van der Waals surface area contributed by atoms with Gasteiger partial charge in [0.05, 0.1) is 11.1 Å². The van der Waals surface area contributed by atoms with Crippen molar-refractivity contribution in [3.05, 3.63) is 23.2 Å². The molecule has 0 aliphatic heterocycles. The summed E-state index contributed by atoms with van der Waals surface area (Å²) in [6.07, 6.45) is 0.00963. The number of nitrogens with zero attached hydrogens (tertiary/aromatic N) is 1. The highest BCUT2D eigenvalue weighted by atomic mass is 35.5. The molecule has 0 saturated carbocycles. The largest absolute Gasteiger partial charge is 0.489 e. The van der Waals surface area contributed by atoms with E-state index >= 15 is 0 Å². The molecule has 3 amide bonds. The van der Waals surface area contributed by atoms with Gasteiger partial charge in [-0.15, -0.1) is 0 Å². The average molecular weight is 356 g/mol. The number of hydrogen-bond donors (Lipinski definition) is 2. The monoisotopic (exact) mass is 355 g/mol. The second-order valence-corrected chi connectivity index (χ2v) is 7.30. The number of benzene rings is 1. The quantitative estimate of drug-likeness (QED) is 0.849. The maximum atomic E-state index is 12.1. The number of nitrogens with one attached hydrogen (secondary N) is 2. The summed E-state index contributed by atoms with van der Waals surface area (Å²) in [5.74, 6) is 0.335. The van der Waals surface area contributed by atoms with Crippen LogP contribution in [0.25, 0.3) is 0 Å². The van der Waals surface area contributed by atoms with E-state index in [1.165, 1.54) is 4.90 Å². The fraction of sp³-hybridized carbons (Fsp3) is 0.529. The van der Waals surface area contributed by atoms with E-state index in [2.05, 4.69) is 10.6 Å². The number of likely N-dealkylation sites (N-methyl/N-ethyl adjacent to an activating group) is 1. The van der Waals surface area contributed by atoms with Crippen molar-refractivity contribution in [2.45, 2.75) is 46.3 Å². The fourth-order valence-corrected chi connectivity index (χ4v) is 2.12. The molecule has 24 heavy (non-hydrogen) atoms. The highest BCUT2D eigenvalue weighted by molar-refractivity contribution is 6.32. The predicted octanol–water partition coefficient (Wildman–Crippen LogP) is 3.51. The van der Waals surface area contributed by atoms with Crippen molar-refractivity contribution in [1.29, 1.82) is 0 Å². The van der Waals surface area contributed by atoms with Gasteiger partial charge in [-0.25, -0.2) is 4.79 Å². The van der Waals surface area contributed by atoms with Gasteiger partial charge in [-0.05, 0) is 52.8 Å². The summed E-state index contributed by atoms with van der Waals surface area (Å²) in [5.41, 5.74) is 0.193. The number of amides is 3. The summed E-state index contributed by atoms with van der Waals surface area (Å²) < 4.78 is 5.54. The lowest BCUT2D eigenvalue weighted by Gasteiger charge is -2.23. The van der Waals surface area contributed by atoms with Crippen LogP contribution in [0.3, 0.4) is 0 Å². The number of rotatable bonds is 5. The number of anilines is 1. The molecule has 0 spiro atoms. The molecular formula is C17H26ClN3O3. The lowest BCUT2D eigenvalue weighted by molar-refractivity contribution is -0.122. The molecule has 0 fully saturated rings. The lowest BCUT2D eigenvalue weighted by atomic mass is 10.1. The molecule has 6 nitrogen and oxygen atoms in total. The number of hydrogen-bond acceptors (Lipinski definition) is 3. The summed E-state index contributed by atoms with van der Waals surface area (Å²) in [7, 11) is 1.55. The van der Waals surface area contributed by atoms with Gasteiger partial charge in [-0.3, -0.25) is 4.79 Å². The third kappa shape index (κ3) is 7.08. The van der Waals surface area contributed by atoms with Gasteiger partial charge in [-0.2, -0.15) is 0 Å². The fourth-order valence-electron chi connectivity index (χ4n) is 1.89. The molecule has 0 heterocycles. The normalized spacial score (nSPS) is 11.2. The second-order valence-electron chi connectivity index (χ2n) is 6.90. The van der Waals surface area contributed by atoms with Crippen molar-refractivity contribution >= 4 is 29.2 Å². The highest BCUT2D eigenvalue weighted by Gasteiger charge is 2.18. The molecule has 0 aromatic heterocycles. The van der Waals surface area contributed by atoms with Crippen LogP contribution in [0.5, 0.6) is 5.75 Å². The smallest absolute Gasteiger partial charge is 0.322 e. The number of ether oxygens (including phenoxy) is 1. The summed E-state index contributed by atoms with van der Waals surface area (Å²) in [6, 6.07) is 4.61. The second kappa shape index (κ2) is 8.24. The molecule has 0 aliphatic carbocycles. The summed E-state index contributed by atoms with van der Waals surface area (Å²) in [4.78, 5) is 25.3. The van der Waals surface area contributed by atoms with Crippen LogP contribution in [0.2, 0.25) is 5.02 Å². The Morgan fingerprint density at radius 1 is 1.29 bits per heavy atom. The molecule has 1 aromatic carbocycles. The Hall–Kier alpha value is -1.95. The van der Waals surface area contributed by atoms with Crippen LogP contribution in [0.15, 0.2) is 18.2 Å². The van der Waals surface area contributed by atoms with Gasteiger partial charge >= 0.3 is 6.03 Å². The Morgan fingerprint density at radius 2 is 1.92 bits per heavy atom. The Morgan fingerprint density at radius 3 is 2.42 bits per heavy atom. The molecule has 1 rings (SSSR count). The van der Waals surface area contributed by atoms with Crippen LogP contribution in [0.1, 0.15) is 34.6 Å². The molecule has 0 radical (unpaired) electrons. The SMILES string of the molecule is CC(C)Oc1ccc(NC(=O)N(C)CC(=O)NC(C)(C)C)cc1Cl. The maximum absolute atomic E-state index is 12.1. The number of halogens is 1. The van der Waals surface area contributed by atoms with E-state index in [4.69, 9.17) is 16.3 Å². The minimum absolute atomic E-state index is 0.00963. The van der Waals surface area contributed by atoms with E-state index in [9.17, 15) is 9.59 Å². The lowest BCUT2D eigenvalue weighted by Crippen LogP contribution is -2.47. The predicted molar refractivity (Wildman–Crippen MR) is 96.8 cm³/mol. The van der Waals surface area contributed by atoms with E-state index in [1.807, 2.05) is 34.6 Å². The number of carbonyl (C=O) groups is 2. The van der Waals surface area contributed by atoms with Gasteiger partial charge < -0.3 is 20.3 Å². The summed E-state index contributed by atoms with van der Waals surface area (Å²) in [6.45, 7) is 9.42. The van der Waals surface area contributed by atoms with Crippen LogP contribution in [-0.2, 0) is 4.79 Å². The first kappa shape index (κ1) is 20.1. The third-order valence-corrected chi connectivity index (χ3v) is 3.08. The summed E-state index contributed by atoms with van der Waals surface area (Å²) in [5, 5.41) is 5.92. The van der Waals surface area contributed by atoms with Crippen LogP contribution in [0, 0.1) is 0 Å². The standard InChI is InChI=1S/C17H26ClN3O3/c1-11(2)24-14-8-7-12(9-13(14)18)19-16(23)21(6)10-15(22)20-17(3,4)5/h7-9,11H,10H2,1-6H3,(H,19,23)(H,20,22). The molecule has 0 saturated heterocycles. The minimum atomic E-state index is -0.396. The van der Waals surface area contributed by atoms with Gasteiger partial charge in [0, 0.05) is 18.3 Å². The van der Waals surface area contributed by atoms with Crippen LogP contribution >= 0.6 is 11.6 Å². The Kier molecular flexibility index (Phi) is 6.90. The Bertz CT molecular complexity index is 597. The van der Waals surface area contributed by atoms with E-state index in [1.54, 1.807) is 25.2 Å². The van der Waals surface area contributed by atoms with E-state index < -0.39 is 6.03 Å². The molecule has 7 heteroatoms. The average Bonchev–Trinajstić information content (AvgIpc) is 2.39. The van der Waals surface area contributed by atoms with Gasteiger partial charge in [-0.1, -0.05) is 11.6 Å². The molecule has 134 valence electrons. The number of urea groups is 1. The van der Waals surface area contributed by atoms with Gasteiger partial charge in [0.15, 0.2) is 0 Å². The molecule has 0 atom stereocenters. The zero-order valence-electron chi connectivity index (χ0n) is 15.1. The van der Waals surface area contributed by atoms with Crippen LogP contribution in [-0.4, -0.2) is 42.1 Å². The van der Waals surface area contributed by atoms with Gasteiger partial charge in [0.2, 0.25) is 5.91 Å². The highest BCUT2D eigenvalue weighted by Crippen LogP contribution is 2.28. The van der Waals surface area contributed by atoms with Crippen LogP contribution in [0.4, 0.5) is 10.5 Å². The summed E-state index contributed by atoms with van der Waals surface area (Å²) >= 11 is 6.14. The Balaban J connectivity index is 2.64. The van der Waals surface area contributed by atoms with Crippen molar-refractivity contribution in [3.8, 4) is 5.75 Å². The molecular weight excluding hydrogens is 330 g/mol. The van der Waals surface area contributed by atoms with E-state index in [0.717, 1.165) is 0 Å². The number of carbonyl (C=O) groups excluding carboxylic acids is 2. The first-order valence-electron chi connectivity index (χ1n) is 7.77. The van der Waals surface area contributed by atoms with Crippen molar-refractivity contribution in [2.75, 3.05) is 18.9 Å². The van der Waals surface area contributed by atoms with Crippen molar-refractivity contribution in [1.82, 2.24) is 10.2 Å². The molecule has 0 unspecified atom stereocenters. The van der Waals surface area contributed by atoms with Gasteiger partial charge in [0.1, 0.15) is 12.3 Å². The van der Waals surface area contributed by atoms with Crippen molar-refractivity contribution < 1.29 is 14.3 Å². The zero-order valence-corrected chi connectivity index (χ0v) is 15.8. The first-order valence-corrected chi connectivity index (χ1v) is 8.15. The molecule has 0 aliphatic rings. The minimum Gasteiger partial charge on any atom is -0.489 e. The zero-order chi connectivity index (χ0) is 18.5. The van der Waals surface area contributed by atoms with E-state index in [-0.39, 0.29) is 24.1 Å². The van der Waals surface area contributed by atoms with Crippen molar-refractivity contribution in [2.24, 2.45) is 0 Å². The molecule has 2 N–H and O–H groups in total. The third-order valence-electron chi connectivity index (χ3n) is 2.79. The topological polar surface area (TPSA) is 70.7 Å². The van der Waals surface area contributed by atoms with Gasteiger partial charge in [0.25, 0.3) is 0 Å². The first-order chi connectivity index (χ1) is 11.0.